The maximum Gasteiger partial charge on any atom is 0.0983 e. The average Bonchev–Trinajstić information content (AvgIpc) is 2.59. The molecule has 1 saturated heterocycles. The predicted octanol–water partition coefficient (Wildman–Crippen LogP) is 5.72. The lowest BCUT2D eigenvalue weighted by Crippen LogP contribution is -2.34. The van der Waals surface area contributed by atoms with Crippen molar-refractivity contribution in [2.75, 3.05) is 18.4 Å². The van der Waals surface area contributed by atoms with Crippen LogP contribution < -0.4 is 5.32 Å². The smallest absolute Gasteiger partial charge is 0.0983 e. The molecule has 3 heteroatoms. The molecule has 0 saturated carbocycles. The van der Waals surface area contributed by atoms with E-state index >= 15 is 0 Å². The van der Waals surface area contributed by atoms with Gasteiger partial charge in [0.1, 0.15) is 0 Å². The quantitative estimate of drug-likeness (QED) is 0.765. The number of hydrogen-bond acceptors (Lipinski definition) is 2. The maximum absolute atomic E-state index is 6.31. The maximum atomic E-state index is 6.31. The molecule has 1 fully saturated rings. The van der Waals surface area contributed by atoms with Gasteiger partial charge in [0, 0.05) is 13.1 Å². The Labute approximate surface area is 150 Å². The van der Waals surface area contributed by atoms with E-state index in [0.29, 0.717) is 5.92 Å². The molecule has 0 bridgehead atoms. The fraction of sp³-hybridized carbons (Fsp3) is 0.333. The minimum Gasteiger partial charge on any atom is -0.359 e. The monoisotopic (exact) mass is 340 g/mol. The Kier molecular flexibility index (Phi) is 5.15. The first-order chi connectivity index (χ1) is 11.5. The van der Waals surface area contributed by atoms with Gasteiger partial charge in [0.25, 0.3) is 0 Å². The van der Waals surface area contributed by atoms with Gasteiger partial charge in [0.15, 0.2) is 0 Å². The molecule has 2 aromatic rings. The SMILES string of the molecule is C=C(Nc1c(C)cccc1Cl)N1CCC(c2ccc(C)cc2)CC1. The molecule has 0 atom stereocenters. The number of benzene rings is 2. The topological polar surface area (TPSA) is 15.3 Å². The summed E-state index contributed by atoms with van der Waals surface area (Å²) in [5.74, 6) is 1.59. The standard InChI is InChI=1S/C21H25ClN2/c1-15-7-9-18(10-8-15)19-11-13-24(14-12-19)17(3)23-21-16(2)5-4-6-20(21)22/h4-10,19,23H,3,11-14H2,1-2H3. The van der Waals surface area contributed by atoms with Crippen molar-refractivity contribution in [2.45, 2.75) is 32.6 Å². The molecule has 1 N–H and O–H groups in total. The molecule has 1 aliphatic heterocycles. The summed E-state index contributed by atoms with van der Waals surface area (Å²) in [4.78, 5) is 2.33. The highest BCUT2D eigenvalue weighted by Gasteiger charge is 2.21. The van der Waals surface area contributed by atoms with E-state index in [9.17, 15) is 0 Å². The van der Waals surface area contributed by atoms with Crippen molar-refractivity contribution in [2.24, 2.45) is 0 Å². The predicted molar refractivity (Wildman–Crippen MR) is 104 cm³/mol. The summed E-state index contributed by atoms with van der Waals surface area (Å²) in [6.07, 6.45) is 2.32. The van der Waals surface area contributed by atoms with Gasteiger partial charge in [-0.2, -0.15) is 0 Å². The number of hydrogen-bond donors (Lipinski definition) is 1. The lowest BCUT2D eigenvalue weighted by molar-refractivity contribution is 0.266. The van der Waals surface area contributed by atoms with Gasteiger partial charge in [0.05, 0.1) is 16.5 Å². The molecule has 0 amide bonds. The van der Waals surface area contributed by atoms with Crippen molar-refractivity contribution in [3.63, 3.8) is 0 Å². The van der Waals surface area contributed by atoms with E-state index in [4.69, 9.17) is 11.6 Å². The third-order valence-electron chi connectivity index (χ3n) is 4.92. The number of likely N-dealkylation sites (tertiary alicyclic amines) is 1. The molecule has 126 valence electrons. The van der Waals surface area contributed by atoms with Gasteiger partial charge in [-0.25, -0.2) is 0 Å². The summed E-state index contributed by atoms with van der Waals surface area (Å²) in [5.41, 5.74) is 4.88. The van der Waals surface area contributed by atoms with Crippen LogP contribution in [0, 0.1) is 13.8 Å². The van der Waals surface area contributed by atoms with Crippen LogP contribution >= 0.6 is 11.6 Å². The van der Waals surface area contributed by atoms with Crippen LogP contribution in [-0.2, 0) is 0 Å². The Balaban J connectivity index is 1.60. The van der Waals surface area contributed by atoms with E-state index in [-0.39, 0.29) is 0 Å². The van der Waals surface area contributed by atoms with E-state index < -0.39 is 0 Å². The van der Waals surface area contributed by atoms with Crippen molar-refractivity contribution in [1.82, 2.24) is 4.90 Å². The fourth-order valence-corrected chi connectivity index (χ4v) is 3.60. The van der Waals surface area contributed by atoms with Crippen molar-refractivity contribution >= 4 is 17.3 Å². The molecule has 1 heterocycles. The molecule has 0 radical (unpaired) electrons. The first-order valence-corrected chi connectivity index (χ1v) is 8.95. The van der Waals surface area contributed by atoms with Gasteiger partial charge in [-0.3, -0.25) is 0 Å². The second-order valence-electron chi connectivity index (χ2n) is 6.68. The van der Waals surface area contributed by atoms with Crippen LogP contribution in [0.2, 0.25) is 5.02 Å². The molecule has 24 heavy (non-hydrogen) atoms. The zero-order valence-electron chi connectivity index (χ0n) is 14.5. The van der Waals surface area contributed by atoms with Crippen LogP contribution in [0.4, 0.5) is 5.69 Å². The molecule has 0 aliphatic carbocycles. The highest BCUT2D eigenvalue weighted by Crippen LogP contribution is 2.31. The zero-order valence-corrected chi connectivity index (χ0v) is 15.2. The van der Waals surface area contributed by atoms with E-state index in [0.717, 1.165) is 48.0 Å². The number of anilines is 1. The minimum absolute atomic E-state index is 0.650. The van der Waals surface area contributed by atoms with Crippen LogP contribution in [0.3, 0.4) is 0 Å². The number of rotatable bonds is 4. The third kappa shape index (κ3) is 3.76. The number of halogens is 1. The molecule has 2 nitrogen and oxygen atoms in total. The van der Waals surface area contributed by atoms with Gasteiger partial charge in [-0.05, 0) is 49.8 Å². The van der Waals surface area contributed by atoms with Crippen LogP contribution in [0.25, 0.3) is 0 Å². The minimum atomic E-state index is 0.650. The molecule has 2 aromatic carbocycles. The van der Waals surface area contributed by atoms with Gasteiger partial charge in [-0.1, -0.05) is 60.1 Å². The van der Waals surface area contributed by atoms with Crippen LogP contribution in [0.15, 0.2) is 54.9 Å². The molecule has 0 spiro atoms. The van der Waals surface area contributed by atoms with Crippen LogP contribution in [0.1, 0.15) is 35.4 Å². The summed E-state index contributed by atoms with van der Waals surface area (Å²) < 4.78 is 0. The van der Waals surface area contributed by atoms with E-state index in [1.165, 1.54) is 11.1 Å². The number of aryl methyl sites for hydroxylation is 2. The fourth-order valence-electron chi connectivity index (χ4n) is 3.33. The van der Waals surface area contributed by atoms with Crippen LogP contribution in [-0.4, -0.2) is 18.0 Å². The summed E-state index contributed by atoms with van der Waals surface area (Å²) >= 11 is 6.31. The average molecular weight is 341 g/mol. The largest absolute Gasteiger partial charge is 0.359 e. The molecular formula is C21H25ClN2. The Morgan fingerprint density at radius 1 is 1.08 bits per heavy atom. The number of nitrogens with one attached hydrogen (secondary N) is 1. The zero-order chi connectivity index (χ0) is 17.1. The second kappa shape index (κ2) is 7.31. The van der Waals surface area contributed by atoms with E-state index in [2.05, 4.69) is 61.0 Å². The summed E-state index contributed by atoms with van der Waals surface area (Å²) in [6.45, 7) is 10.5. The highest BCUT2D eigenvalue weighted by molar-refractivity contribution is 6.33. The Morgan fingerprint density at radius 2 is 1.75 bits per heavy atom. The molecule has 1 aliphatic rings. The van der Waals surface area contributed by atoms with E-state index in [1.54, 1.807) is 0 Å². The highest BCUT2D eigenvalue weighted by atomic mass is 35.5. The molecule has 0 aromatic heterocycles. The molecular weight excluding hydrogens is 316 g/mol. The Morgan fingerprint density at radius 3 is 2.38 bits per heavy atom. The van der Waals surface area contributed by atoms with Crippen LogP contribution in [0.5, 0.6) is 0 Å². The van der Waals surface area contributed by atoms with Crippen molar-refractivity contribution in [3.05, 3.63) is 76.6 Å². The van der Waals surface area contributed by atoms with Gasteiger partial charge < -0.3 is 10.2 Å². The number of nitrogens with zero attached hydrogens (tertiary/aromatic N) is 1. The summed E-state index contributed by atoms with van der Waals surface area (Å²) in [5, 5.41) is 4.15. The molecule has 0 unspecified atom stereocenters. The van der Waals surface area contributed by atoms with Crippen molar-refractivity contribution < 1.29 is 0 Å². The van der Waals surface area contributed by atoms with Crippen molar-refractivity contribution in [1.29, 1.82) is 0 Å². The normalized spacial score (nSPS) is 15.4. The van der Waals surface area contributed by atoms with Gasteiger partial charge >= 0.3 is 0 Å². The number of piperidine rings is 1. The summed E-state index contributed by atoms with van der Waals surface area (Å²) in [7, 11) is 0. The van der Waals surface area contributed by atoms with Gasteiger partial charge in [0.2, 0.25) is 0 Å². The van der Waals surface area contributed by atoms with Crippen molar-refractivity contribution in [3.8, 4) is 0 Å². The number of para-hydroxylation sites is 1. The Hall–Kier alpha value is -1.93. The lowest BCUT2D eigenvalue weighted by atomic mass is 9.89. The molecule has 3 rings (SSSR count). The summed E-state index contributed by atoms with van der Waals surface area (Å²) in [6, 6.07) is 14.9. The second-order valence-corrected chi connectivity index (χ2v) is 7.08. The first kappa shape index (κ1) is 16.9. The van der Waals surface area contributed by atoms with Gasteiger partial charge in [-0.15, -0.1) is 0 Å². The first-order valence-electron chi connectivity index (χ1n) is 8.57. The van der Waals surface area contributed by atoms with E-state index in [1.807, 2.05) is 12.1 Å². The Bertz CT molecular complexity index is 693. The third-order valence-corrected chi connectivity index (χ3v) is 5.23. The lowest BCUT2D eigenvalue weighted by Gasteiger charge is -2.35.